The number of ether oxygens (including phenoxy) is 1. The molecule has 160 valence electrons. The Kier molecular flexibility index (Phi) is 7.50. The van der Waals surface area contributed by atoms with Crippen LogP contribution in [0.2, 0.25) is 0 Å². The highest BCUT2D eigenvalue weighted by Gasteiger charge is 2.26. The molecule has 1 N–H and O–H groups in total. The van der Waals surface area contributed by atoms with E-state index in [4.69, 9.17) is 4.74 Å². The zero-order chi connectivity index (χ0) is 21.5. The third-order valence-electron chi connectivity index (χ3n) is 5.88. The molecule has 0 bridgehead atoms. The number of carbonyl (C=O) groups is 2. The third kappa shape index (κ3) is 5.21. The summed E-state index contributed by atoms with van der Waals surface area (Å²) >= 11 is 0. The highest BCUT2D eigenvalue weighted by molar-refractivity contribution is 6.04. The smallest absolute Gasteiger partial charge is 0.265 e. The minimum atomic E-state index is -0.634. The van der Waals surface area contributed by atoms with E-state index in [2.05, 4.69) is 5.32 Å². The number of nitrogens with one attached hydrogen (secondary N) is 1. The Morgan fingerprint density at radius 1 is 1.07 bits per heavy atom. The fourth-order valence-electron chi connectivity index (χ4n) is 3.98. The summed E-state index contributed by atoms with van der Waals surface area (Å²) in [7, 11) is 1.87. The lowest BCUT2D eigenvalue weighted by atomic mass is 9.94. The molecule has 3 rings (SSSR count). The van der Waals surface area contributed by atoms with Gasteiger partial charge < -0.3 is 15.0 Å². The number of aryl methyl sites for hydroxylation is 1. The predicted molar refractivity (Wildman–Crippen MR) is 120 cm³/mol. The second kappa shape index (κ2) is 10.3. The van der Waals surface area contributed by atoms with E-state index in [0.29, 0.717) is 23.4 Å². The van der Waals surface area contributed by atoms with Crippen LogP contribution in [0.15, 0.2) is 48.5 Å². The maximum atomic E-state index is 13.2. The Bertz CT molecular complexity index is 874. The Hall–Kier alpha value is -2.82. The molecule has 1 saturated carbocycles. The number of hydrogen-bond donors (Lipinski definition) is 1. The van der Waals surface area contributed by atoms with Crippen LogP contribution >= 0.6 is 0 Å². The minimum Gasteiger partial charge on any atom is -0.480 e. The standard InChI is InChI=1S/C25H32N2O3/c1-4-22(30-23-17-11-8-12-18(23)2)24(28)26-21-16-10-9-15-20(21)25(29)27(3)19-13-6-5-7-14-19/h8-12,15-17,19,22H,4-7,13-14H2,1-3H3,(H,26,28)/t22-/m0/s1. The molecule has 1 atom stereocenters. The first-order valence-electron chi connectivity index (χ1n) is 10.9. The van der Waals surface area contributed by atoms with Gasteiger partial charge in [0.2, 0.25) is 0 Å². The van der Waals surface area contributed by atoms with Gasteiger partial charge in [-0.1, -0.05) is 56.5 Å². The molecule has 2 aromatic carbocycles. The Morgan fingerprint density at radius 2 is 1.73 bits per heavy atom. The van der Waals surface area contributed by atoms with E-state index < -0.39 is 6.10 Å². The number of hydrogen-bond acceptors (Lipinski definition) is 3. The van der Waals surface area contributed by atoms with Gasteiger partial charge in [0, 0.05) is 13.1 Å². The van der Waals surface area contributed by atoms with Crippen molar-refractivity contribution in [2.75, 3.05) is 12.4 Å². The Balaban J connectivity index is 1.73. The second-order valence-electron chi connectivity index (χ2n) is 8.02. The zero-order valence-electron chi connectivity index (χ0n) is 18.2. The van der Waals surface area contributed by atoms with Gasteiger partial charge >= 0.3 is 0 Å². The molecule has 0 aromatic heterocycles. The summed E-state index contributed by atoms with van der Waals surface area (Å²) in [5, 5.41) is 2.93. The summed E-state index contributed by atoms with van der Waals surface area (Å²) in [5.41, 5.74) is 2.03. The molecule has 0 spiro atoms. The number of nitrogens with zero attached hydrogens (tertiary/aromatic N) is 1. The van der Waals surface area contributed by atoms with Crippen molar-refractivity contribution in [2.45, 2.75) is 64.5 Å². The number of benzene rings is 2. The van der Waals surface area contributed by atoms with Crippen LogP contribution in [0.3, 0.4) is 0 Å². The number of rotatable bonds is 7. The van der Waals surface area contributed by atoms with Crippen LogP contribution < -0.4 is 10.1 Å². The average molecular weight is 409 g/mol. The van der Waals surface area contributed by atoms with Crippen molar-refractivity contribution in [2.24, 2.45) is 0 Å². The summed E-state index contributed by atoms with van der Waals surface area (Å²) in [6.45, 7) is 3.87. The Labute approximate surface area is 179 Å². The lowest BCUT2D eigenvalue weighted by Gasteiger charge is -2.31. The summed E-state index contributed by atoms with van der Waals surface area (Å²) in [6, 6.07) is 15.1. The van der Waals surface area contributed by atoms with Crippen LogP contribution in [0, 0.1) is 6.92 Å². The highest BCUT2D eigenvalue weighted by atomic mass is 16.5. The van der Waals surface area contributed by atoms with Crippen molar-refractivity contribution >= 4 is 17.5 Å². The molecule has 2 aromatic rings. The van der Waals surface area contributed by atoms with Gasteiger partial charge in [-0.3, -0.25) is 9.59 Å². The van der Waals surface area contributed by atoms with Crippen LogP contribution in [-0.2, 0) is 4.79 Å². The van der Waals surface area contributed by atoms with Crippen LogP contribution in [-0.4, -0.2) is 35.9 Å². The fraction of sp³-hybridized carbons (Fsp3) is 0.440. The van der Waals surface area contributed by atoms with Crippen molar-refractivity contribution in [3.8, 4) is 5.75 Å². The maximum absolute atomic E-state index is 13.2. The van der Waals surface area contributed by atoms with Gasteiger partial charge in [-0.2, -0.15) is 0 Å². The molecule has 0 heterocycles. The second-order valence-corrected chi connectivity index (χ2v) is 8.02. The third-order valence-corrected chi connectivity index (χ3v) is 5.88. The number of carbonyl (C=O) groups excluding carboxylic acids is 2. The summed E-state index contributed by atoms with van der Waals surface area (Å²) in [5.74, 6) is 0.396. The van der Waals surface area contributed by atoms with E-state index in [1.165, 1.54) is 6.42 Å². The van der Waals surface area contributed by atoms with Crippen LogP contribution in [0.4, 0.5) is 5.69 Å². The van der Waals surface area contributed by atoms with Crippen molar-refractivity contribution in [3.05, 3.63) is 59.7 Å². The first-order chi connectivity index (χ1) is 14.5. The van der Waals surface area contributed by atoms with Crippen molar-refractivity contribution in [3.63, 3.8) is 0 Å². The number of anilines is 1. The molecule has 5 nitrogen and oxygen atoms in total. The Morgan fingerprint density at radius 3 is 2.43 bits per heavy atom. The van der Waals surface area contributed by atoms with Crippen LogP contribution in [0.5, 0.6) is 5.75 Å². The van der Waals surface area contributed by atoms with Gasteiger partial charge in [0.25, 0.3) is 11.8 Å². The SMILES string of the molecule is CC[C@H](Oc1ccccc1C)C(=O)Nc1ccccc1C(=O)N(C)C1CCCCC1. The molecular weight excluding hydrogens is 376 g/mol. The molecule has 1 fully saturated rings. The van der Waals surface area contributed by atoms with Crippen molar-refractivity contribution < 1.29 is 14.3 Å². The van der Waals surface area contributed by atoms with Gasteiger partial charge in [0.1, 0.15) is 5.75 Å². The molecule has 0 radical (unpaired) electrons. The van der Waals surface area contributed by atoms with Gasteiger partial charge in [0.15, 0.2) is 6.10 Å². The largest absolute Gasteiger partial charge is 0.480 e. The van der Waals surface area contributed by atoms with Gasteiger partial charge in [-0.25, -0.2) is 0 Å². The van der Waals surface area contributed by atoms with E-state index in [1.807, 2.05) is 62.2 Å². The van der Waals surface area contributed by atoms with Gasteiger partial charge in [-0.15, -0.1) is 0 Å². The molecule has 2 amide bonds. The van der Waals surface area contributed by atoms with Gasteiger partial charge in [-0.05, 0) is 49.9 Å². The topological polar surface area (TPSA) is 58.6 Å². The van der Waals surface area contributed by atoms with Crippen molar-refractivity contribution in [1.82, 2.24) is 4.90 Å². The fourth-order valence-corrected chi connectivity index (χ4v) is 3.98. The lowest BCUT2D eigenvalue weighted by Crippen LogP contribution is -2.39. The molecule has 30 heavy (non-hydrogen) atoms. The van der Waals surface area contributed by atoms with E-state index in [0.717, 1.165) is 31.2 Å². The number of amides is 2. The molecule has 5 heteroatoms. The molecule has 1 aliphatic carbocycles. The minimum absolute atomic E-state index is 0.0503. The summed E-state index contributed by atoms with van der Waals surface area (Å²) in [4.78, 5) is 27.9. The van der Waals surface area contributed by atoms with E-state index in [9.17, 15) is 9.59 Å². The van der Waals surface area contributed by atoms with E-state index >= 15 is 0 Å². The van der Waals surface area contributed by atoms with E-state index in [-0.39, 0.29) is 17.9 Å². The van der Waals surface area contributed by atoms with Crippen molar-refractivity contribution in [1.29, 1.82) is 0 Å². The molecule has 0 aliphatic heterocycles. The average Bonchev–Trinajstić information content (AvgIpc) is 2.78. The zero-order valence-corrected chi connectivity index (χ0v) is 18.2. The first-order valence-corrected chi connectivity index (χ1v) is 10.9. The van der Waals surface area contributed by atoms with Crippen LogP contribution in [0.1, 0.15) is 61.4 Å². The molecule has 1 aliphatic rings. The monoisotopic (exact) mass is 408 g/mol. The maximum Gasteiger partial charge on any atom is 0.265 e. The van der Waals surface area contributed by atoms with E-state index in [1.54, 1.807) is 12.1 Å². The summed E-state index contributed by atoms with van der Waals surface area (Å²) in [6.07, 6.45) is 5.54. The molecule has 0 unspecified atom stereocenters. The molecule has 0 saturated heterocycles. The van der Waals surface area contributed by atoms with Gasteiger partial charge in [0.05, 0.1) is 11.3 Å². The highest BCUT2D eigenvalue weighted by Crippen LogP contribution is 2.25. The lowest BCUT2D eigenvalue weighted by molar-refractivity contribution is -0.122. The molecular formula is C25H32N2O3. The first kappa shape index (κ1) is 21.9. The summed E-state index contributed by atoms with van der Waals surface area (Å²) < 4.78 is 5.96. The van der Waals surface area contributed by atoms with Crippen LogP contribution in [0.25, 0.3) is 0 Å². The quantitative estimate of drug-likeness (QED) is 0.685. The normalized spacial score (nSPS) is 15.3. The predicted octanol–water partition coefficient (Wildman–Crippen LogP) is 5.20. The number of para-hydroxylation sites is 2.